The molecular formula is C14H30O. The predicted molar refractivity (Wildman–Crippen MR) is 68.2 cm³/mol. The van der Waals surface area contributed by atoms with Crippen LogP contribution in [0.4, 0.5) is 0 Å². The van der Waals surface area contributed by atoms with Crippen molar-refractivity contribution in [2.45, 2.75) is 72.8 Å². The van der Waals surface area contributed by atoms with Crippen molar-refractivity contribution in [3.8, 4) is 0 Å². The van der Waals surface area contributed by atoms with Gasteiger partial charge in [-0.25, -0.2) is 0 Å². The molecule has 0 fully saturated rings. The number of ether oxygens (including phenoxy) is 1. The van der Waals surface area contributed by atoms with Crippen molar-refractivity contribution in [3.05, 3.63) is 0 Å². The van der Waals surface area contributed by atoms with Crippen molar-refractivity contribution in [1.29, 1.82) is 0 Å². The Labute approximate surface area is 96.6 Å². The van der Waals surface area contributed by atoms with Crippen LogP contribution < -0.4 is 0 Å². The first-order chi connectivity index (χ1) is 6.87. The number of hydrogen-bond acceptors (Lipinski definition) is 1. The SMILES string of the molecule is CCC(C)CCOC(C)(C)CCC(C)C. The van der Waals surface area contributed by atoms with Crippen LogP contribution in [0, 0.1) is 11.8 Å². The first kappa shape index (κ1) is 15.0. The highest BCUT2D eigenvalue weighted by Gasteiger charge is 2.18. The Morgan fingerprint density at radius 1 is 1.07 bits per heavy atom. The third kappa shape index (κ3) is 8.92. The van der Waals surface area contributed by atoms with Gasteiger partial charge in [0.1, 0.15) is 0 Å². The fourth-order valence-corrected chi connectivity index (χ4v) is 1.45. The molecule has 92 valence electrons. The van der Waals surface area contributed by atoms with Gasteiger partial charge in [0.25, 0.3) is 0 Å². The van der Waals surface area contributed by atoms with Gasteiger partial charge in [0.2, 0.25) is 0 Å². The topological polar surface area (TPSA) is 9.23 Å². The molecule has 0 bridgehead atoms. The molecule has 0 rings (SSSR count). The summed E-state index contributed by atoms with van der Waals surface area (Å²) in [7, 11) is 0. The van der Waals surface area contributed by atoms with E-state index >= 15 is 0 Å². The Balaban J connectivity index is 3.64. The summed E-state index contributed by atoms with van der Waals surface area (Å²) in [5, 5.41) is 0. The zero-order chi connectivity index (χ0) is 11.9. The summed E-state index contributed by atoms with van der Waals surface area (Å²) in [6.07, 6.45) is 4.89. The van der Waals surface area contributed by atoms with Gasteiger partial charge >= 0.3 is 0 Å². The maximum atomic E-state index is 5.95. The second-order valence-corrected chi connectivity index (χ2v) is 5.84. The highest BCUT2D eigenvalue weighted by atomic mass is 16.5. The molecule has 0 amide bonds. The Hall–Kier alpha value is -0.0400. The second-order valence-electron chi connectivity index (χ2n) is 5.84. The average Bonchev–Trinajstić information content (AvgIpc) is 2.14. The summed E-state index contributed by atoms with van der Waals surface area (Å²) in [6, 6.07) is 0. The Bertz CT molecular complexity index is 149. The lowest BCUT2D eigenvalue weighted by molar-refractivity contribution is -0.0315. The highest BCUT2D eigenvalue weighted by Crippen LogP contribution is 2.21. The molecule has 15 heavy (non-hydrogen) atoms. The lowest BCUT2D eigenvalue weighted by atomic mass is 9.97. The van der Waals surface area contributed by atoms with E-state index in [1.165, 1.54) is 25.7 Å². The highest BCUT2D eigenvalue weighted by molar-refractivity contribution is 4.69. The second kappa shape index (κ2) is 7.27. The molecule has 0 saturated carbocycles. The van der Waals surface area contributed by atoms with Gasteiger partial charge in [-0.3, -0.25) is 0 Å². The molecular weight excluding hydrogens is 184 g/mol. The van der Waals surface area contributed by atoms with E-state index < -0.39 is 0 Å². The minimum atomic E-state index is 0.0672. The van der Waals surface area contributed by atoms with Crippen LogP contribution in [0.1, 0.15) is 67.2 Å². The molecule has 1 atom stereocenters. The van der Waals surface area contributed by atoms with Crippen LogP contribution >= 0.6 is 0 Å². The van der Waals surface area contributed by atoms with Gasteiger partial charge in [-0.1, -0.05) is 34.1 Å². The molecule has 0 aromatic heterocycles. The maximum Gasteiger partial charge on any atom is 0.0626 e. The molecule has 0 saturated heterocycles. The molecule has 0 aromatic rings. The molecule has 0 aliphatic carbocycles. The monoisotopic (exact) mass is 214 g/mol. The molecule has 1 nitrogen and oxygen atoms in total. The Morgan fingerprint density at radius 2 is 1.67 bits per heavy atom. The van der Waals surface area contributed by atoms with Crippen molar-refractivity contribution in [2.24, 2.45) is 11.8 Å². The molecule has 0 spiro atoms. The fourth-order valence-electron chi connectivity index (χ4n) is 1.45. The molecule has 1 heteroatoms. The summed E-state index contributed by atoms with van der Waals surface area (Å²) >= 11 is 0. The van der Waals surface area contributed by atoms with Crippen molar-refractivity contribution >= 4 is 0 Å². The fraction of sp³-hybridized carbons (Fsp3) is 1.00. The number of rotatable bonds is 8. The standard InChI is InChI=1S/C14H30O/c1-7-13(4)9-11-15-14(5,6)10-8-12(2)3/h12-13H,7-11H2,1-6H3. The largest absolute Gasteiger partial charge is 0.376 e. The molecule has 1 unspecified atom stereocenters. The minimum Gasteiger partial charge on any atom is -0.376 e. The molecule has 0 heterocycles. The van der Waals surface area contributed by atoms with Crippen molar-refractivity contribution in [3.63, 3.8) is 0 Å². The lowest BCUT2D eigenvalue weighted by Gasteiger charge is -2.27. The minimum absolute atomic E-state index is 0.0672. The van der Waals surface area contributed by atoms with Crippen LogP contribution in [0.5, 0.6) is 0 Å². The van der Waals surface area contributed by atoms with E-state index in [1.54, 1.807) is 0 Å². The first-order valence-electron chi connectivity index (χ1n) is 6.51. The van der Waals surface area contributed by atoms with E-state index in [9.17, 15) is 0 Å². The summed E-state index contributed by atoms with van der Waals surface area (Å²) in [5.41, 5.74) is 0.0672. The van der Waals surface area contributed by atoms with Crippen LogP contribution in [-0.2, 0) is 4.74 Å². The third-order valence-corrected chi connectivity index (χ3v) is 3.12. The van der Waals surface area contributed by atoms with Crippen molar-refractivity contribution in [1.82, 2.24) is 0 Å². The van der Waals surface area contributed by atoms with E-state index in [0.29, 0.717) is 0 Å². The van der Waals surface area contributed by atoms with Crippen LogP contribution in [0.2, 0.25) is 0 Å². The average molecular weight is 214 g/mol. The Kier molecular flexibility index (Phi) is 7.25. The summed E-state index contributed by atoms with van der Waals surface area (Å²) in [5.74, 6) is 1.58. The van der Waals surface area contributed by atoms with Crippen LogP contribution in [-0.4, -0.2) is 12.2 Å². The molecule has 0 aliphatic rings. The van der Waals surface area contributed by atoms with Gasteiger partial charge in [0.05, 0.1) is 5.60 Å². The third-order valence-electron chi connectivity index (χ3n) is 3.12. The zero-order valence-corrected chi connectivity index (χ0v) is 11.6. The van der Waals surface area contributed by atoms with E-state index in [-0.39, 0.29) is 5.60 Å². The number of hydrogen-bond donors (Lipinski definition) is 0. The molecule has 0 N–H and O–H groups in total. The van der Waals surface area contributed by atoms with Gasteiger partial charge < -0.3 is 4.74 Å². The van der Waals surface area contributed by atoms with Crippen LogP contribution in [0.25, 0.3) is 0 Å². The van der Waals surface area contributed by atoms with E-state index in [1.807, 2.05) is 0 Å². The summed E-state index contributed by atoms with van der Waals surface area (Å²) in [4.78, 5) is 0. The van der Waals surface area contributed by atoms with Crippen LogP contribution in [0.15, 0.2) is 0 Å². The smallest absolute Gasteiger partial charge is 0.0626 e. The van der Waals surface area contributed by atoms with E-state index in [2.05, 4.69) is 41.5 Å². The van der Waals surface area contributed by atoms with Gasteiger partial charge in [-0.05, 0) is 44.9 Å². The van der Waals surface area contributed by atoms with E-state index in [0.717, 1.165) is 18.4 Å². The molecule has 0 radical (unpaired) electrons. The van der Waals surface area contributed by atoms with Gasteiger partial charge in [-0.15, -0.1) is 0 Å². The predicted octanol–water partition coefficient (Wildman–Crippen LogP) is 4.65. The molecule has 0 aliphatic heterocycles. The molecule has 0 aromatic carbocycles. The lowest BCUT2D eigenvalue weighted by Crippen LogP contribution is -2.26. The van der Waals surface area contributed by atoms with Gasteiger partial charge in [-0.2, -0.15) is 0 Å². The van der Waals surface area contributed by atoms with Gasteiger partial charge in [0, 0.05) is 6.61 Å². The van der Waals surface area contributed by atoms with Crippen molar-refractivity contribution < 1.29 is 4.74 Å². The van der Waals surface area contributed by atoms with Crippen LogP contribution in [0.3, 0.4) is 0 Å². The Morgan fingerprint density at radius 3 is 2.13 bits per heavy atom. The quantitative estimate of drug-likeness (QED) is 0.571. The summed E-state index contributed by atoms with van der Waals surface area (Å²) < 4.78 is 5.95. The zero-order valence-electron chi connectivity index (χ0n) is 11.6. The van der Waals surface area contributed by atoms with Gasteiger partial charge in [0.15, 0.2) is 0 Å². The van der Waals surface area contributed by atoms with Crippen molar-refractivity contribution in [2.75, 3.05) is 6.61 Å². The maximum absolute atomic E-state index is 5.95. The van der Waals surface area contributed by atoms with E-state index in [4.69, 9.17) is 4.74 Å². The normalized spacial score (nSPS) is 14.6. The summed E-state index contributed by atoms with van der Waals surface area (Å²) in [6.45, 7) is 14.4. The first-order valence-corrected chi connectivity index (χ1v) is 6.51.